The summed E-state index contributed by atoms with van der Waals surface area (Å²) in [6.07, 6.45) is -1.51. The number of aryl methyl sites for hydroxylation is 2. The molecule has 0 spiro atoms. The topological polar surface area (TPSA) is 21.4 Å². The van der Waals surface area contributed by atoms with E-state index in [2.05, 4.69) is 15.5 Å². The number of rotatable bonds is 2. The van der Waals surface area contributed by atoms with Crippen LogP contribution in [0.15, 0.2) is 46.9 Å². The summed E-state index contributed by atoms with van der Waals surface area (Å²) in [5.41, 5.74) is 5.76. The number of hydrogen-bond donors (Lipinski definition) is 0. The van der Waals surface area contributed by atoms with Gasteiger partial charge in [-0.15, -0.1) is 0 Å². The lowest BCUT2D eigenvalue weighted by atomic mass is 9.87. The lowest BCUT2D eigenvalue weighted by Gasteiger charge is -2.18. The molecule has 0 bridgehead atoms. The van der Waals surface area contributed by atoms with E-state index in [9.17, 15) is 0 Å². The van der Waals surface area contributed by atoms with Gasteiger partial charge >= 0.3 is 0 Å². The van der Waals surface area contributed by atoms with Gasteiger partial charge in [0.25, 0.3) is 0 Å². The number of para-hydroxylation sites is 1. The lowest BCUT2D eigenvalue weighted by molar-refractivity contribution is -0.666. The van der Waals surface area contributed by atoms with Crippen molar-refractivity contribution in [3.05, 3.63) is 70.7 Å². The van der Waals surface area contributed by atoms with Gasteiger partial charge in [-0.1, -0.05) is 51.1 Å². The highest BCUT2D eigenvalue weighted by molar-refractivity contribution is 6.12. The van der Waals surface area contributed by atoms with Crippen LogP contribution in [0, 0.1) is 25.8 Å². The summed E-state index contributed by atoms with van der Waals surface area (Å²) >= 11 is 0. The smallest absolute Gasteiger partial charge is 0.229 e. The molecule has 2 aromatic carbocycles. The second kappa shape index (κ2) is 6.74. The predicted molar refractivity (Wildman–Crippen MR) is 119 cm³/mol. The van der Waals surface area contributed by atoms with Crippen LogP contribution in [0.1, 0.15) is 40.3 Å². The summed E-state index contributed by atoms with van der Waals surface area (Å²) in [5, 5.41) is 1.88. The minimum Gasteiger partial charge on any atom is -0.466 e. The fourth-order valence-electron chi connectivity index (χ4n) is 3.89. The van der Waals surface area contributed by atoms with E-state index in [1.54, 1.807) is 6.07 Å². The molecule has 2 aromatic heterocycles. The standard InChI is InChI=1S/C26H27N2O/c1-16-11-12-20-19-9-8-10-21(27-6)24(19)29-25(20)23(16)22-14-18(15-26(3,4)5)13-17(2)28(22)7/h8-14H,15H2,1-5,7H3/q+1/i15D2. The van der Waals surface area contributed by atoms with Crippen LogP contribution in [-0.4, -0.2) is 0 Å². The van der Waals surface area contributed by atoms with Gasteiger partial charge in [-0.25, -0.2) is 4.85 Å². The maximum atomic E-state index is 8.80. The Hall–Kier alpha value is -3.12. The van der Waals surface area contributed by atoms with Crippen molar-refractivity contribution in [1.82, 2.24) is 0 Å². The maximum Gasteiger partial charge on any atom is 0.229 e. The molecule has 4 rings (SSSR count). The van der Waals surface area contributed by atoms with Gasteiger partial charge in [-0.2, -0.15) is 4.57 Å². The van der Waals surface area contributed by atoms with Crippen LogP contribution in [0.5, 0.6) is 0 Å². The van der Waals surface area contributed by atoms with Crippen LogP contribution in [0.4, 0.5) is 5.69 Å². The van der Waals surface area contributed by atoms with Crippen molar-refractivity contribution in [2.24, 2.45) is 12.5 Å². The highest BCUT2D eigenvalue weighted by atomic mass is 16.3. The maximum absolute atomic E-state index is 8.80. The van der Waals surface area contributed by atoms with E-state index in [1.807, 2.05) is 72.0 Å². The van der Waals surface area contributed by atoms with E-state index in [-0.39, 0.29) is 0 Å². The number of hydrogen-bond acceptors (Lipinski definition) is 1. The molecular formula is C26H27N2O+. The van der Waals surface area contributed by atoms with Gasteiger partial charge in [0, 0.05) is 32.6 Å². The second-order valence-corrected chi connectivity index (χ2v) is 8.71. The lowest BCUT2D eigenvalue weighted by Crippen LogP contribution is -2.35. The first-order valence-corrected chi connectivity index (χ1v) is 9.81. The molecule has 29 heavy (non-hydrogen) atoms. The summed E-state index contributed by atoms with van der Waals surface area (Å²) < 4.78 is 26.0. The molecule has 4 aromatic rings. The number of pyridine rings is 1. The van der Waals surface area contributed by atoms with Gasteiger partial charge in [-0.3, -0.25) is 0 Å². The molecule has 146 valence electrons. The third-order valence-corrected chi connectivity index (χ3v) is 5.30. The molecule has 0 fully saturated rings. The minimum absolute atomic E-state index is 0.496. The molecule has 0 atom stereocenters. The molecule has 0 amide bonds. The van der Waals surface area contributed by atoms with Crippen LogP contribution in [-0.2, 0) is 13.4 Å². The van der Waals surface area contributed by atoms with E-state index in [0.717, 1.165) is 38.9 Å². The first-order valence-electron chi connectivity index (χ1n) is 10.8. The molecule has 0 aliphatic rings. The molecule has 0 saturated heterocycles. The second-order valence-electron chi connectivity index (χ2n) is 8.71. The van der Waals surface area contributed by atoms with Crippen molar-refractivity contribution in [3.63, 3.8) is 0 Å². The van der Waals surface area contributed by atoms with Crippen molar-refractivity contribution in [2.75, 3.05) is 0 Å². The van der Waals surface area contributed by atoms with E-state index in [1.165, 1.54) is 0 Å². The van der Waals surface area contributed by atoms with Gasteiger partial charge in [-0.05, 0) is 29.8 Å². The van der Waals surface area contributed by atoms with Crippen LogP contribution < -0.4 is 4.57 Å². The van der Waals surface area contributed by atoms with Crippen molar-refractivity contribution in [3.8, 4) is 11.3 Å². The normalized spacial score (nSPS) is 13.4. The quantitative estimate of drug-likeness (QED) is 0.273. The Balaban J connectivity index is 2.10. The zero-order valence-electron chi connectivity index (χ0n) is 19.8. The molecule has 3 heteroatoms. The van der Waals surface area contributed by atoms with Gasteiger partial charge in [0.05, 0.1) is 12.1 Å². The van der Waals surface area contributed by atoms with Crippen molar-refractivity contribution < 1.29 is 11.7 Å². The van der Waals surface area contributed by atoms with Gasteiger partial charge < -0.3 is 4.42 Å². The van der Waals surface area contributed by atoms with Crippen molar-refractivity contribution in [2.45, 2.75) is 41.0 Å². The molecule has 0 aliphatic heterocycles. The molecule has 0 N–H and O–H groups in total. The molecule has 0 saturated carbocycles. The van der Waals surface area contributed by atoms with Crippen LogP contribution in [0.2, 0.25) is 0 Å². The first kappa shape index (κ1) is 16.8. The average Bonchev–Trinajstić information content (AvgIpc) is 3.08. The largest absolute Gasteiger partial charge is 0.466 e. The zero-order chi connectivity index (χ0) is 22.7. The molecule has 0 unspecified atom stereocenters. The molecular weight excluding hydrogens is 356 g/mol. The van der Waals surface area contributed by atoms with Crippen LogP contribution in [0.25, 0.3) is 38.0 Å². The first-order chi connectivity index (χ1) is 14.5. The number of aromatic nitrogens is 1. The predicted octanol–water partition coefficient (Wildman–Crippen LogP) is 6.83. The molecule has 0 radical (unpaired) electrons. The highest BCUT2D eigenvalue weighted by Crippen LogP contribution is 2.40. The number of fused-ring (bicyclic) bond motifs is 3. The van der Waals surface area contributed by atoms with Gasteiger partial charge in [0.15, 0.2) is 5.69 Å². The Labute approximate surface area is 175 Å². The Morgan fingerprint density at radius 2 is 1.79 bits per heavy atom. The van der Waals surface area contributed by atoms with Crippen molar-refractivity contribution >= 4 is 27.6 Å². The number of furan rings is 1. The summed E-state index contributed by atoms with van der Waals surface area (Å²) in [6, 6.07) is 13.6. The Morgan fingerprint density at radius 3 is 2.48 bits per heavy atom. The third kappa shape index (κ3) is 3.29. The average molecular weight is 386 g/mol. The van der Waals surface area contributed by atoms with Crippen LogP contribution >= 0.6 is 0 Å². The summed E-state index contributed by atoms with van der Waals surface area (Å²) in [7, 11) is 1.99. The fourth-order valence-corrected chi connectivity index (χ4v) is 3.89. The van der Waals surface area contributed by atoms with Crippen molar-refractivity contribution in [1.29, 1.82) is 0 Å². The fraction of sp³-hybridized carbons (Fsp3) is 0.308. The van der Waals surface area contributed by atoms with Crippen LogP contribution in [0.3, 0.4) is 0 Å². The minimum atomic E-state index is -1.51. The summed E-state index contributed by atoms with van der Waals surface area (Å²) in [6.45, 7) is 17.3. The number of nitrogens with zero attached hydrogens (tertiary/aromatic N) is 2. The Kier molecular flexibility index (Phi) is 3.90. The molecule has 0 aliphatic carbocycles. The molecule has 3 nitrogen and oxygen atoms in total. The Bertz CT molecular complexity index is 1390. The van der Waals surface area contributed by atoms with E-state index in [0.29, 0.717) is 16.8 Å². The zero-order valence-corrected chi connectivity index (χ0v) is 17.8. The number of benzene rings is 2. The van der Waals surface area contributed by atoms with E-state index >= 15 is 0 Å². The summed E-state index contributed by atoms with van der Waals surface area (Å²) in [4.78, 5) is 3.63. The van der Waals surface area contributed by atoms with E-state index < -0.39 is 11.8 Å². The monoisotopic (exact) mass is 385 g/mol. The summed E-state index contributed by atoms with van der Waals surface area (Å²) in [5.74, 6) is 0. The van der Waals surface area contributed by atoms with Gasteiger partial charge in [0.1, 0.15) is 18.2 Å². The SMILES string of the molecule is [2H]C([2H])(c1cc(C)[n+](C)c(-c2c(C)ccc3c2oc2c([N+]#[C-])cccc23)c1)C(C)(C)C. The molecule has 2 heterocycles. The van der Waals surface area contributed by atoms with E-state index in [4.69, 9.17) is 13.7 Å². The highest BCUT2D eigenvalue weighted by Gasteiger charge is 2.24. The Morgan fingerprint density at radius 1 is 1.07 bits per heavy atom. The third-order valence-electron chi connectivity index (χ3n) is 5.30. The van der Waals surface area contributed by atoms with Gasteiger partial charge in [0.2, 0.25) is 11.4 Å².